The van der Waals surface area contributed by atoms with Crippen LogP contribution in [0.15, 0.2) is 38.7 Å². The molecule has 1 aromatic carbocycles. The van der Waals surface area contributed by atoms with E-state index in [0.29, 0.717) is 19.0 Å². The summed E-state index contributed by atoms with van der Waals surface area (Å²) in [6.45, 7) is 5.07. The highest BCUT2D eigenvalue weighted by Crippen LogP contribution is 2.15. The third kappa shape index (κ3) is 6.17. The Balaban J connectivity index is 0.00000392. The fourth-order valence-electron chi connectivity index (χ4n) is 2.66. The van der Waals surface area contributed by atoms with Gasteiger partial charge in [-0.05, 0) is 31.2 Å². The van der Waals surface area contributed by atoms with Crippen molar-refractivity contribution in [2.45, 2.75) is 44.7 Å². The van der Waals surface area contributed by atoms with E-state index in [0.717, 1.165) is 35.4 Å². The van der Waals surface area contributed by atoms with E-state index in [4.69, 9.17) is 4.52 Å². The van der Waals surface area contributed by atoms with Crippen LogP contribution in [-0.2, 0) is 36.0 Å². The van der Waals surface area contributed by atoms with Crippen LogP contribution >= 0.6 is 24.0 Å². The van der Waals surface area contributed by atoms with Crippen LogP contribution < -0.4 is 15.4 Å². The molecule has 1 heterocycles. The third-order valence-electron chi connectivity index (χ3n) is 4.20. The molecule has 0 radical (unpaired) electrons. The molecule has 1 aromatic heterocycles. The second kappa shape index (κ2) is 11.4. The Labute approximate surface area is 183 Å². The average molecular weight is 521 g/mol. The minimum Gasteiger partial charge on any atom is -0.361 e. The lowest BCUT2D eigenvalue weighted by Gasteiger charge is -2.13. The summed E-state index contributed by atoms with van der Waals surface area (Å²) in [5.74, 6) is 1.49. The zero-order valence-corrected chi connectivity index (χ0v) is 19.7. The molecule has 2 aromatic rings. The molecular weight excluding hydrogens is 493 g/mol. The number of nitrogens with zero attached hydrogens (tertiary/aromatic N) is 2. The maximum atomic E-state index is 11.9. The maximum Gasteiger partial charge on any atom is 0.240 e. The highest BCUT2D eigenvalue weighted by atomic mass is 127. The van der Waals surface area contributed by atoms with Crippen LogP contribution in [0.3, 0.4) is 0 Å². The highest BCUT2D eigenvalue weighted by Gasteiger charge is 2.14. The molecule has 0 bridgehead atoms. The predicted molar refractivity (Wildman–Crippen MR) is 120 cm³/mol. The molecule has 0 saturated carbocycles. The molecular formula is C18H28IN5O3S. The van der Waals surface area contributed by atoms with Crippen LogP contribution in [0.25, 0.3) is 0 Å². The molecule has 0 unspecified atom stereocenters. The second-order valence-electron chi connectivity index (χ2n) is 5.87. The topological polar surface area (TPSA) is 109 Å². The van der Waals surface area contributed by atoms with Crippen LogP contribution in [-0.4, -0.2) is 33.6 Å². The van der Waals surface area contributed by atoms with Gasteiger partial charge in [0.1, 0.15) is 5.76 Å². The number of aryl methyl sites for hydroxylation is 2. The Kier molecular flexibility index (Phi) is 9.90. The van der Waals surface area contributed by atoms with Crippen molar-refractivity contribution in [2.24, 2.45) is 4.99 Å². The van der Waals surface area contributed by atoms with Gasteiger partial charge in [0.15, 0.2) is 5.96 Å². The summed E-state index contributed by atoms with van der Waals surface area (Å²) in [5, 5.41) is 10.6. The van der Waals surface area contributed by atoms with Crippen molar-refractivity contribution in [3.05, 3.63) is 46.8 Å². The molecule has 156 valence electrons. The van der Waals surface area contributed by atoms with Crippen LogP contribution in [0.4, 0.5) is 0 Å². The Morgan fingerprint density at radius 3 is 2.50 bits per heavy atom. The third-order valence-corrected chi connectivity index (χ3v) is 5.61. The van der Waals surface area contributed by atoms with Crippen molar-refractivity contribution in [2.75, 3.05) is 14.1 Å². The lowest BCUT2D eigenvalue weighted by molar-refractivity contribution is 0.380. The van der Waals surface area contributed by atoms with Crippen molar-refractivity contribution in [1.29, 1.82) is 0 Å². The molecule has 0 amide bonds. The molecule has 3 N–H and O–H groups in total. The number of hydrogen-bond acceptors (Lipinski definition) is 5. The number of sulfonamides is 1. The van der Waals surface area contributed by atoms with Gasteiger partial charge in [0, 0.05) is 32.1 Å². The van der Waals surface area contributed by atoms with E-state index in [1.807, 2.05) is 19.9 Å². The van der Waals surface area contributed by atoms with E-state index < -0.39 is 10.0 Å². The Morgan fingerprint density at radius 2 is 1.89 bits per heavy atom. The number of aliphatic imine (C=N–C) groups is 1. The summed E-state index contributed by atoms with van der Waals surface area (Å²) >= 11 is 0. The Bertz CT molecular complexity index is 875. The molecule has 0 fully saturated rings. The van der Waals surface area contributed by atoms with Crippen molar-refractivity contribution in [1.82, 2.24) is 20.5 Å². The van der Waals surface area contributed by atoms with Gasteiger partial charge in [-0.25, -0.2) is 13.1 Å². The smallest absolute Gasteiger partial charge is 0.240 e. The molecule has 0 saturated heterocycles. The summed E-state index contributed by atoms with van der Waals surface area (Å²) in [7, 11) is -0.380. The van der Waals surface area contributed by atoms with Crippen molar-refractivity contribution in [3.63, 3.8) is 0 Å². The molecule has 0 aliphatic rings. The van der Waals surface area contributed by atoms with Crippen LogP contribution in [0, 0.1) is 0 Å². The molecule has 2 rings (SSSR count). The zero-order chi connectivity index (χ0) is 19.9. The molecule has 0 spiro atoms. The van der Waals surface area contributed by atoms with Gasteiger partial charge in [-0.15, -0.1) is 24.0 Å². The number of aromatic nitrogens is 1. The summed E-state index contributed by atoms with van der Waals surface area (Å²) in [6.07, 6.45) is 1.59. The second-order valence-corrected chi connectivity index (χ2v) is 7.76. The van der Waals surface area contributed by atoms with Gasteiger partial charge in [-0.2, -0.15) is 0 Å². The predicted octanol–water partition coefficient (Wildman–Crippen LogP) is 2.19. The summed E-state index contributed by atoms with van der Waals surface area (Å²) in [4.78, 5) is 4.45. The molecule has 0 aliphatic heterocycles. The lowest BCUT2D eigenvalue weighted by atomic mass is 10.1. The van der Waals surface area contributed by atoms with E-state index in [1.165, 1.54) is 7.05 Å². The van der Waals surface area contributed by atoms with Crippen molar-refractivity contribution < 1.29 is 12.9 Å². The first-order valence-electron chi connectivity index (χ1n) is 8.88. The van der Waals surface area contributed by atoms with E-state index in [-0.39, 0.29) is 28.9 Å². The normalized spacial score (nSPS) is 11.8. The summed E-state index contributed by atoms with van der Waals surface area (Å²) in [5.41, 5.74) is 2.84. The monoisotopic (exact) mass is 521 g/mol. The first-order valence-corrected chi connectivity index (χ1v) is 10.4. The van der Waals surface area contributed by atoms with Gasteiger partial charge < -0.3 is 15.2 Å². The van der Waals surface area contributed by atoms with Gasteiger partial charge >= 0.3 is 0 Å². The molecule has 0 aliphatic carbocycles. The van der Waals surface area contributed by atoms with Gasteiger partial charge in [0.2, 0.25) is 10.0 Å². The van der Waals surface area contributed by atoms with E-state index >= 15 is 0 Å². The van der Waals surface area contributed by atoms with Crippen LogP contribution in [0.5, 0.6) is 0 Å². The number of hydrogen-bond donors (Lipinski definition) is 3. The molecule has 0 atom stereocenters. The van der Waals surface area contributed by atoms with Gasteiger partial charge in [-0.1, -0.05) is 31.1 Å². The van der Waals surface area contributed by atoms with E-state index in [1.54, 1.807) is 25.2 Å². The number of halogens is 1. The van der Waals surface area contributed by atoms with Crippen LogP contribution in [0.1, 0.15) is 36.4 Å². The number of nitrogens with one attached hydrogen (secondary N) is 3. The summed E-state index contributed by atoms with van der Waals surface area (Å²) < 4.78 is 31.5. The molecule has 8 nitrogen and oxygen atoms in total. The average Bonchev–Trinajstić information content (AvgIpc) is 3.10. The Morgan fingerprint density at radius 1 is 1.18 bits per heavy atom. The molecule has 10 heteroatoms. The number of benzene rings is 1. The van der Waals surface area contributed by atoms with Gasteiger partial charge in [-0.3, -0.25) is 4.99 Å². The highest BCUT2D eigenvalue weighted by molar-refractivity contribution is 14.0. The SMILES string of the molecule is CCc1noc(CC)c1CNC(=NC)NCc1cccc(S(=O)(=O)NC)c1.I. The number of guanidine groups is 1. The van der Waals surface area contributed by atoms with Gasteiger partial charge in [0.05, 0.1) is 10.6 Å². The Hall–Kier alpha value is -1.66. The minimum absolute atomic E-state index is 0. The largest absolute Gasteiger partial charge is 0.361 e. The summed E-state index contributed by atoms with van der Waals surface area (Å²) in [6, 6.07) is 6.78. The number of rotatable bonds is 8. The fraction of sp³-hybridized carbons (Fsp3) is 0.444. The van der Waals surface area contributed by atoms with Gasteiger partial charge in [0.25, 0.3) is 0 Å². The lowest BCUT2D eigenvalue weighted by Crippen LogP contribution is -2.36. The minimum atomic E-state index is -3.46. The molecule has 28 heavy (non-hydrogen) atoms. The van der Waals surface area contributed by atoms with Crippen molar-refractivity contribution >= 4 is 40.0 Å². The van der Waals surface area contributed by atoms with E-state index in [9.17, 15) is 8.42 Å². The fourth-order valence-corrected chi connectivity index (χ4v) is 3.46. The standard InChI is InChI=1S/C18H27N5O3S.HI/c1-5-16-15(17(6-2)26-23-16)12-22-18(19-3)21-11-13-8-7-9-14(10-13)27(24,25)20-4;/h7-10,20H,5-6,11-12H2,1-4H3,(H2,19,21,22);1H. The first-order chi connectivity index (χ1) is 12.9. The quantitative estimate of drug-likeness (QED) is 0.279. The van der Waals surface area contributed by atoms with E-state index in [2.05, 4.69) is 25.5 Å². The zero-order valence-electron chi connectivity index (χ0n) is 16.6. The van der Waals surface area contributed by atoms with Crippen molar-refractivity contribution in [3.8, 4) is 0 Å². The maximum absolute atomic E-state index is 11.9. The van der Waals surface area contributed by atoms with Crippen LogP contribution in [0.2, 0.25) is 0 Å². The first kappa shape index (κ1) is 24.4.